The van der Waals surface area contributed by atoms with Crippen molar-refractivity contribution >= 4 is 6.09 Å². The van der Waals surface area contributed by atoms with Crippen LogP contribution in [0.5, 0.6) is 0 Å². The third kappa shape index (κ3) is 1.01. The van der Waals surface area contributed by atoms with Crippen LogP contribution in [0.2, 0.25) is 0 Å². The van der Waals surface area contributed by atoms with Crippen LogP contribution in [0.25, 0.3) is 0 Å². The summed E-state index contributed by atoms with van der Waals surface area (Å²) in [6.45, 7) is 4.07. The van der Waals surface area contributed by atoms with Crippen LogP contribution < -0.4 is 5.32 Å². The summed E-state index contributed by atoms with van der Waals surface area (Å²) in [6.07, 6.45) is 1.54. The Hall–Kier alpha value is -1.51. The van der Waals surface area contributed by atoms with E-state index in [0.29, 0.717) is 0 Å². The number of alkyl carbamates (subject to hydrolysis) is 1. The van der Waals surface area contributed by atoms with Gasteiger partial charge in [0.25, 0.3) is 0 Å². The zero-order valence-electron chi connectivity index (χ0n) is 9.54. The molecule has 1 N–H and O–H groups in total. The predicted molar refractivity (Wildman–Crippen MR) is 60.1 cm³/mol. The summed E-state index contributed by atoms with van der Waals surface area (Å²) in [6, 6.07) is 8.27. The van der Waals surface area contributed by atoms with Gasteiger partial charge < -0.3 is 10.1 Å². The quantitative estimate of drug-likeness (QED) is 0.724. The Bertz CT molecular complexity index is 471. The van der Waals surface area contributed by atoms with Crippen molar-refractivity contribution < 1.29 is 9.53 Å². The summed E-state index contributed by atoms with van der Waals surface area (Å²) in [5.41, 5.74) is 1.69. The maximum absolute atomic E-state index is 11.5. The average Bonchev–Trinajstić information content (AvgIpc) is 2.49. The van der Waals surface area contributed by atoms with Crippen LogP contribution in [-0.4, -0.2) is 11.7 Å². The standard InChI is InChI=1S/C13H15NO2/c1-12-8-7-9-5-3-4-6-10(9)13(12,2)14-11(15)16-12/h3-6H,7-8H2,1-2H3,(H,14,15)/t12-,13-/m1/s1. The average molecular weight is 217 g/mol. The highest BCUT2D eigenvalue weighted by Crippen LogP contribution is 2.47. The molecule has 0 unspecified atom stereocenters. The number of carbonyl (C=O) groups is 1. The number of amides is 1. The van der Waals surface area contributed by atoms with Crippen LogP contribution in [-0.2, 0) is 16.7 Å². The van der Waals surface area contributed by atoms with E-state index in [4.69, 9.17) is 4.74 Å². The summed E-state index contributed by atoms with van der Waals surface area (Å²) < 4.78 is 5.46. The normalized spacial score (nSPS) is 36.0. The Balaban J connectivity index is 2.21. The summed E-state index contributed by atoms with van der Waals surface area (Å²) in [5.74, 6) is 0. The fourth-order valence-corrected chi connectivity index (χ4v) is 2.92. The second-order valence-electron chi connectivity index (χ2n) is 5.03. The largest absolute Gasteiger partial charge is 0.440 e. The van der Waals surface area contributed by atoms with Crippen LogP contribution in [0, 0.1) is 0 Å². The van der Waals surface area contributed by atoms with Gasteiger partial charge in [-0.05, 0) is 37.8 Å². The third-order valence-electron chi connectivity index (χ3n) is 4.16. The molecule has 3 rings (SSSR count). The zero-order valence-corrected chi connectivity index (χ0v) is 9.54. The van der Waals surface area contributed by atoms with Crippen molar-refractivity contribution in [3.63, 3.8) is 0 Å². The molecule has 1 fully saturated rings. The molecule has 16 heavy (non-hydrogen) atoms. The molecular weight excluding hydrogens is 202 g/mol. The van der Waals surface area contributed by atoms with Gasteiger partial charge in [-0.25, -0.2) is 4.79 Å². The second kappa shape index (κ2) is 2.78. The molecule has 0 aromatic heterocycles. The van der Waals surface area contributed by atoms with Crippen molar-refractivity contribution in [3.8, 4) is 0 Å². The van der Waals surface area contributed by atoms with E-state index >= 15 is 0 Å². The summed E-state index contributed by atoms with van der Waals surface area (Å²) >= 11 is 0. The first-order valence-electron chi connectivity index (χ1n) is 5.65. The molecule has 1 aromatic rings. The molecule has 2 atom stereocenters. The number of benzene rings is 1. The highest BCUT2D eigenvalue weighted by atomic mass is 16.6. The van der Waals surface area contributed by atoms with E-state index in [1.807, 2.05) is 19.1 Å². The van der Waals surface area contributed by atoms with Crippen LogP contribution in [0.4, 0.5) is 4.79 Å². The van der Waals surface area contributed by atoms with Gasteiger partial charge in [0, 0.05) is 0 Å². The van der Waals surface area contributed by atoms with Crippen molar-refractivity contribution in [1.82, 2.24) is 5.32 Å². The number of fused-ring (bicyclic) bond motifs is 3. The number of hydrogen-bond donors (Lipinski definition) is 1. The second-order valence-corrected chi connectivity index (χ2v) is 5.03. The van der Waals surface area contributed by atoms with E-state index in [0.717, 1.165) is 12.8 Å². The van der Waals surface area contributed by atoms with E-state index in [-0.39, 0.29) is 11.6 Å². The summed E-state index contributed by atoms with van der Waals surface area (Å²) in [5, 5.41) is 2.97. The number of nitrogens with one attached hydrogen (secondary N) is 1. The van der Waals surface area contributed by atoms with E-state index in [2.05, 4.69) is 24.4 Å². The molecule has 1 heterocycles. The Labute approximate surface area is 94.8 Å². The zero-order chi connectivity index (χ0) is 11.4. The lowest BCUT2D eigenvalue weighted by molar-refractivity contribution is 0.00603. The van der Waals surface area contributed by atoms with Gasteiger partial charge in [0.2, 0.25) is 0 Å². The van der Waals surface area contributed by atoms with Gasteiger partial charge >= 0.3 is 6.09 Å². The van der Waals surface area contributed by atoms with Crippen LogP contribution in [0.15, 0.2) is 24.3 Å². The first-order chi connectivity index (χ1) is 7.55. The fraction of sp³-hybridized carbons (Fsp3) is 0.462. The van der Waals surface area contributed by atoms with Gasteiger partial charge in [-0.3, -0.25) is 0 Å². The SMILES string of the molecule is C[C@@]12CCc3ccccc3[C@@]1(C)NC(=O)O2. The molecule has 0 spiro atoms. The van der Waals surface area contributed by atoms with E-state index < -0.39 is 5.60 Å². The molecular formula is C13H15NO2. The van der Waals surface area contributed by atoms with Crippen molar-refractivity contribution in [2.75, 3.05) is 0 Å². The number of carbonyl (C=O) groups excluding carboxylic acids is 1. The van der Waals surface area contributed by atoms with Gasteiger partial charge in [-0.15, -0.1) is 0 Å². The molecule has 1 aromatic carbocycles. The molecule has 0 saturated carbocycles. The topological polar surface area (TPSA) is 38.3 Å². The van der Waals surface area contributed by atoms with Crippen molar-refractivity contribution in [2.45, 2.75) is 37.8 Å². The van der Waals surface area contributed by atoms with E-state index in [1.54, 1.807) is 0 Å². The van der Waals surface area contributed by atoms with Crippen LogP contribution in [0.3, 0.4) is 0 Å². The Morgan fingerprint density at radius 1 is 1.31 bits per heavy atom. The van der Waals surface area contributed by atoms with Gasteiger partial charge in [0.1, 0.15) is 11.1 Å². The first kappa shape index (κ1) is 9.70. The number of aryl methyl sites for hydroxylation is 1. The van der Waals surface area contributed by atoms with Crippen molar-refractivity contribution in [1.29, 1.82) is 0 Å². The Morgan fingerprint density at radius 3 is 2.88 bits per heavy atom. The molecule has 1 aliphatic carbocycles. The number of rotatable bonds is 0. The molecule has 1 amide bonds. The highest BCUT2D eigenvalue weighted by molar-refractivity contribution is 5.73. The Morgan fingerprint density at radius 2 is 2.06 bits per heavy atom. The maximum atomic E-state index is 11.5. The van der Waals surface area contributed by atoms with Gasteiger partial charge in [-0.2, -0.15) is 0 Å². The molecule has 0 bridgehead atoms. The lowest BCUT2D eigenvalue weighted by Gasteiger charge is -2.42. The number of ether oxygens (including phenoxy) is 1. The van der Waals surface area contributed by atoms with Crippen LogP contribution >= 0.6 is 0 Å². The van der Waals surface area contributed by atoms with E-state index in [1.165, 1.54) is 11.1 Å². The molecule has 3 heteroatoms. The van der Waals surface area contributed by atoms with Gasteiger partial charge in [-0.1, -0.05) is 24.3 Å². The maximum Gasteiger partial charge on any atom is 0.408 e. The first-order valence-corrected chi connectivity index (χ1v) is 5.65. The molecule has 1 aliphatic heterocycles. The minimum Gasteiger partial charge on any atom is -0.440 e. The molecule has 0 radical (unpaired) electrons. The van der Waals surface area contributed by atoms with Gasteiger partial charge in [0.15, 0.2) is 0 Å². The minimum atomic E-state index is -0.418. The highest BCUT2D eigenvalue weighted by Gasteiger charge is 2.57. The summed E-state index contributed by atoms with van der Waals surface area (Å²) in [7, 11) is 0. The Kier molecular flexibility index (Phi) is 1.69. The fourth-order valence-electron chi connectivity index (χ4n) is 2.92. The lowest BCUT2D eigenvalue weighted by atomic mass is 9.68. The molecule has 84 valence electrons. The van der Waals surface area contributed by atoms with Crippen molar-refractivity contribution in [2.24, 2.45) is 0 Å². The minimum absolute atomic E-state index is 0.304. The predicted octanol–water partition coefficient (Wildman–Crippen LogP) is 2.35. The monoisotopic (exact) mass is 217 g/mol. The lowest BCUT2D eigenvalue weighted by Crippen LogP contribution is -2.53. The third-order valence-corrected chi connectivity index (χ3v) is 4.16. The van der Waals surface area contributed by atoms with Crippen LogP contribution in [0.1, 0.15) is 31.4 Å². The van der Waals surface area contributed by atoms with Crippen molar-refractivity contribution in [3.05, 3.63) is 35.4 Å². The number of hydrogen-bond acceptors (Lipinski definition) is 2. The van der Waals surface area contributed by atoms with Gasteiger partial charge in [0.05, 0.1) is 0 Å². The molecule has 3 nitrogen and oxygen atoms in total. The smallest absolute Gasteiger partial charge is 0.408 e. The molecule has 2 aliphatic rings. The summed E-state index contributed by atoms with van der Waals surface area (Å²) in [4.78, 5) is 11.5. The van der Waals surface area contributed by atoms with E-state index in [9.17, 15) is 4.79 Å². The molecule has 1 saturated heterocycles.